The van der Waals surface area contributed by atoms with E-state index in [1.807, 2.05) is 19.9 Å². The predicted molar refractivity (Wildman–Crippen MR) is 42.6 cm³/mol. The normalized spacial score (nSPS) is 9.27. The summed E-state index contributed by atoms with van der Waals surface area (Å²) in [5.41, 5.74) is 8.58. The predicted octanol–water partition coefficient (Wildman–Crippen LogP) is -0.0409. The molecule has 0 aliphatic heterocycles. The highest BCUT2D eigenvalue weighted by molar-refractivity contribution is 5.74. The average Bonchev–Trinajstić information content (AvgIpc) is 1.85. The van der Waals surface area contributed by atoms with Crippen molar-refractivity contribution in [2.24, 2.45) is 5.73 Å². The molecule has 0 saturated heterocycles. The van der Waals surface area contributed by atoms with Crippen molar-refractivity contribution in [1.82, 2.24) is 5.48 Å². The molecule has 0 aliphatic carbocycles. The van der Waals surface area contributed by atoms with Crippen LogP contribution in [-0.4, -0.2) is 19.1 Å². The SMILES string of the molecule is CC(C)=CCNOCC(N)=O. The lowest BCUT2D eigenvalue weighted by atomic mass is 10.3. The summed E-state index contributed by atoms with van der Waals surface area (Å²) in [6.07, 6.45) is 1.95. The second-order valence-corrected chi connectivity index (χ2v) is 2.38. The van der Waals surface area contributed by atoms with Crippen molar-refractivity contribution >= 4 is 5.91 Å². The molecular weight excluding hydrogens is 144 g/mol. The summed E-state index contributed by atoms with van der Waals surface area (Å²) in [5.74, 6) is -0.477. The first-order chi connectivity index (χ1) is 5.13. The number of allylic oxidation sites excluding steroid dienone is 1. The van der Waals surface area contributed by atoms with Crippen LogP contribution in [0.2, 0.25) is 0 Å². The molecule has 0 aliphatic rings. The molecule has 0 aromatic carbocycles. The molecule has 0 unspecified atom stereocenters. The van der Waals surface area contributed by atoms with E-state index >= 15 is 0 Å². The van der Waals surface area contributed by atoms with Crippen molar-refractivity contribution in [3.05, 3.63) is 11.6 Å². The van der Waals surface area contributed by atoms with Crippen LogP contribution in [-0.2, 0) is 9.63 Å². The van der Waals surface area contributed by atoms with Crippen molar-refractivity contribution in [2.45, 2.75) is 13.8 Å². The highest BCUT2D eigenvalue weighted by Gasteiger charge is 1.90. The number of carbonyl (C=O) groups is 1. The molecule has 1 amide bonds. The Balaban J connectivity index is 3.15. The zero-order valence-electron chi connectivity index (χ0n) is 6.89. The monoisotopic (exact) mass is 158 g/mol. The number of hydroxylamine groups is 1. The number of rotatable bonds is 5. The lowest BCUT2D eigenvalue weighted by molar-refractivity contribution is -0.124. The summed E-state index contributed by atoms with van der Waals surface area (Å²) >= 11 is 0. The molecule has 3 N–H and O–H groups in total. The standard InChI is InChI=1S/C7H14N2O2/c1-6(2)3-4-9-11-5-7(8)10/h3,9H,4-5H2,1-2H3,(H2,8,10). The summed E-state index contributed by atoms with van der Waals surface area (Å²) in [4.78, 5) is 14.8. The smallest absolute Gasteiger partial charge is 0.245 e. The molecule has 11 heavy (non-hydrogen) atoms. The Bertz CT molecular complexity index is 151. The molecule has 0 bridgehead atoms. The van der Waals surface area contributed by atoms with Gasteiger partial charge in [-0.25, -0.2) is 0 Å². The van der Waals surface area contributed by atoms with Gasteiger partial charge in [0.25, 0.3) is 0 Å². The van der Waals surface area contributed by atoms with Gasteiger partial charge in [0.15, 0.2) is 0 Å². The van der Waals surface area contributed by atoms with E-state index in [0.717, 1.165) is 0 Å². The number of nitrogens with two attached hydrogens (primary N) is 1. The number of primary amides is 1. The largest absolute Gasteiger partial charge is 0.368 e. The second kappa shape index (κ2) is 5.88. The Morgan fingerprint density at radius 1 is 1.64 bits per heavy atom. The van der Waals surface area contributed by atoms with Gasteiger partial charge in [0.2, 0.25) is 5.91 Å². The first-order valence-electron chi connectivity index (χ1n) is 3.39. The van der Waals surface area contributed by atoms with E-state index in [1.165, 1.54) is 5.57 Å². The van der Waals surface area contributed by atoms with E-state index in [9.17, 15) is 4.79 Å². The summed E-state index contributed by atoms with van der Waals surface area (Å²) in [5, 5.41) is 0. The van der Waals surface area contributed by atoms with Crippen LogP contribution in [0.25, 0.3) is 0 Å². The maximum atomic E-state index is 10.1. The van der Waals surface area contributed by atoms with Crippen LogP contribution in [0.4, 0.5) is 0 Å². The van der Waals surface area contributed by atoms with Crippen molar-refractivity contribution in [2.75, 3.05) is 13.2 Å². The third kappa shape index (κ3) is 9.13. The van der Waals surface area contributed by atoms with Gasteiger partial charge >= 0.3 is 0 Å². The van der Waals surface area contributed by atoms with Crippen molar-refractivity contribution < 1.29 is 9.63 Å². The van der Waals surface area contributed by atoms with Crippen molar-refractivity contribution in [3.63, 3.8) is 0 Å². The zero-order valence-corrected chi connectivity index (χ0v) is 6.89. The molecule has 0 heterocycles. The summed E-state index contributed by atoms with van der Waals surface area (Å²) in [7, 11) is 0. The van der Waals surface area contributed by atoms with Gasteiger partial charge in [0.05, 0.1) is 0 Å². The fourth-order valence-electron chi connectivity index (χ4n) is 0.427. The van der Waals surface area contributed by atoms with Crippen LogP contribution in [0.5, 0.6) is 0 Å². The maximum Gasteiger partial charge on any atom is 0.245 e. The fourth-order valence-corrected chi connectivity index (χ4v) is 0.427. The molecular formula is C7H14N2O2. The molecule has 4 heteroatoms. The first kappa shape index (κ1) is 10.1. The van der Waals surface area contributed by atoms with Crippen LogP contribution in [0.15, 0.2) is 11.6 Å². The molecule has 0 fully saturated rings. The van der Waals surface area contributed by atoms with Crippen LogP contribution in [0.1, 0.15) is 13.8 Å². The van der Waals surface area contributed by atoms with E-state index in [0.29, 0.717) is 6.54 Å². The van der Waals surface area contributed by atoms with E-state index in [1.54, 1.807) is 0 Å². The minimum Gasteiger partial charge on any atom is -0.368 e. The number of carbonyl (C=O) groups excluding carboxylic acids is 1. The summed E-state index contributed by atoms with van der Waals surface area (Å²) < 4.78 is 0. The van der Waals surface area contributed by atoms with E-state index in [2.05, 4.69) is 10.3 Å². The van der Waals surface area contributed by atoms with Crippen molar-refractivity contribution in [3.8, 4) is 0 Å². The highest BCUT2D eigenvalue weighted by Crippen LogP contribution is 1.84. The van der Waals surface area contributed by atoms with Gasteiger partial charge in [-0.15, -0.1) is 0 Å². The van der Waals surface area contributed by atoms with Gasteiger partial charge in [-0.05, 0) is 13.8 Å². The van der Waals surface area contributed by atoms with E-state index in [-0.39, 0.29) is 6.61 Å². The molecule has 0 atom stereocenters. The van der Waals surface area contributed by atoms with E-state index in [4.69, 9.17) is 5.73 Å². The average molecular weight is 158 g/mol. The minimum absolute atomic E-state index is 0.0867. The molecule has 4 nitrogen and oxygen atoms in total. The number of hydrogen-bond donors (Lipinski definition) is 2. The number of amides is 1. The Kier molecular flexibility index (Phi) is 5.42. The lowest BCUT2D eigenvalue weighted by Crippen LogP contribution is -2.24. The van der Waals surface area contributed by atoms with Gasteiger partial charge in [-0.1, -0.05) is 11.6 Å². The maximum absolute atomic E-state index is 10.1. The van der Waals surface area contributed by atoms with E-state index < -0.39 is 5.91 Å². The Labute approximate surface area is 66.4 Å². The Morgan fingerprint density at radius 3 is 2.73 bits per heavy atom. The number of nitrogens with one attached hydrogen (secondary N) is 1. The summed E-state index contributed by atoms with van der Waals surface area (Å²) in [6, 6.07) is 0. The van der Waals surface area contributed by atoms with Gasteiger partial charge < -0.3 is 5.73 Å². The Morgan fingerprint density at radius 2 is 2.27 bits per heavy atom. The second-order valence-electron chi connectivity index (χ2n) is 2.38. The minimum atomic E-state index is -0.477. The third-order valence-electron chi connectivity index (χ3n) is 0.910. The fraction of sp³-hybridized carbons (Fsp3) is 0.571. The highest BCUT2D eigenvalue weighted by atomic mass is 16.6. The molecule has 0 aromatic heterocycles. The first-order valence-corrected chi connectivity index (χ1v) is 3.39. The number of hydrogen-bond acceptors (Lipinski definition) is 3. The molecule has 0 saturated carbocycles. The molecule has 64 valence electrons. The van der Waals surface area contributed by atoms with Gasteiger partial charge in [-0.3, -0.25) is 9.63 Å². The molecule has 0 spiro atoms. The molecule has 0 rings (SSSR count). The molecule has 0 aromatic rings. The quantitative estimate of drug-likeness (QED) is 0.335. The molecule has 0 radical (unpaired) electrons. The zero-order chi connectivity index (χ0) is 8.69. The van der Waals surface area contributed by atoms with Gasteiger partial charge in [0.1, 0.15) is 6.61 Å². The summed E-state index contributed by atoms with van der Waals surface area (Å²) in [6.45, 7) is 4.47. The topological polar surface area (TPSA) is 64.3 Å². The van der Waals surface area contributed by atoms with Crippen LogP contribution >= 0.6 is 0 Å². The van der Waals surface area contributed by atoms with Crippen LogP contribution in [0, 0.1) is 0 Å². The van der Waals surface area contributed by atoms with Crippen molar-refractivity contribution in [1.29, 1.82) is 0 Å². The van der Waals surface area contributed by atoms with Crippen LogP contribution in [0.3, 0.4) is 0 Å². The Hall–Kier alpha value is -0.870. The lowest BCUT2D eigenvalue weighted by Gasteiger charge is -1.99. The van der Waals surface area contributed by atoms with Gasteiger partial charge in [0, 0.05) is 6.54 Å². The van der Waals surface area contributed by atoms with Gasteiger partial charge in [-0.2, -0.15) is 5.48 Å². The third-order valence-corrected chi connectivity index (χ3v) is 0.910. The van der Waals surface area contributed by atoms with Crippen LogP contribution < -0.4 is 11.2 Å².